The van der Waals surface area contributed by atoms with Gasteiger partial charge in [-0.05, 0) is 60.4 Å². The third-order valence-electron chi connectivity index (χ3n) is 5.13. The van der Waals surface area contributed by atoms with E-state index < -0.39 is 16.9 Å². The number of nitro benzene ring substituents is 1. The maximum Gasteiger partial charge on any atom is 0.269 e. The summed E-state index contributed by atoms with van der Waals surface area (Å²) in [5, 5.41) is 16.3. The van der Waals surface area contributed by atoms with Gasteiger partial charge in [-0.2, -0.15) is 0 Å². The first-order valence-corrected chi connectivity index (χ1v) is 10.8. The molecule has 8 heteroatoms. The molecule has 0 bridgehead atoms. The first-order valence-electron chi connectivity index (χ1n) is 10.8. The zero-order chi connectivity index (χ0) is 24.9. The number of anilines is 2. The number of ether oxygens (including phenoxy) is 1. The highest BCUT2D eigenvalue weighted by Crippen LogP contribution is 2.23. The Bertz CT molecular complexity index is 1180. The molecule has 2 amide bonds. The van der Waals surface area contributed by atoms with Gasteiger partial charge in [0.05, 0.1) is 4.92 Å². The van der Waals surface area contributed by atoms with Crippen molar-refractivity contribution in [2.24, 2.45) is 0 Å². The number of carbonyl (C=O) groups excluding carboxylic acids is 2. The highest BCUT2D eigenvalue weighted by atomic mass is 16.6. The molecule has 1 atom stereocenters. The number of benzene rings is 3. The normalized spacial score (nSPS) is 11.9. The maximum atomic E-state index is 12.6. The molecule has 0 aliphatic rings. The summed E-state index contributed by atoms with van der Waals surface area (Å²) < 4.78 is 5.56. The fourth-order valence-electron chi connectivity index (χ4n) is 3.15. The van der Waals surface area contributed by atoms with Crippen LogP contribution in [0.5, 0.6) is 5.75 Å². The lowest BCUT2D eigenvalue weighted by atomic mass is 9.87. The molecule has 0 saturated carbocycles. The van der Waals surface area contributed by atoms with Crippen molar-refractivity contribution in [3.8, 4) is 5.75 Å². The standard InChI is InChI=1S/C26H27N3O5/c1-17(34-23-14-12-22(13-15-23)29(32)33)24(30)27-20-6-5-7-21(16-20)28-25(31)18-8-10-19(11-9-18)26(2,3)4/h5-17H,1-4H3,(H,27,30)(H,28,31). The quantitative estimate of drug-likeness (QED) is 0.354. The third-order valence-corrected chi connectivity index (χ3v) is 5.13. The molecule has 34 heavy (non-hydrogen) atoms. The van der Waals surface area contributed by atoms with Gasteiger partial charge in [0.2, 0.25) is 0 Å². The van der Waals surface area contributed by atoms with Crippen molar-refractivity contribution in [3.63, 3.8) is 0 Å². The summed E-state index contributed by atoms with van der Waals surface area (Å²) in [6.45, 7) is 7.91. The van der Waals surface area contributed by atoms with Crippen LogP contribution in [-0.4, -0.2) is 22.8 Å². The van der Waals surface area contributed by atoms with Crippen molar-refractivity contribution in [2.75, 3.05) is 10.6 Å². The molecule has 2 N–H and O–H groups in total. The summed E-state index contributed by atoms with van der Waals surface area (Å²) in [6.07, 6.45) is -0.846. The average molecular weight is 462 g/mol. The molecule has 0 aliphatic heterocycles. The van der Waals surface area contributed by atoms with E-state index in [4.69, 9.17) is 4.74 Å². The molecule has 3 aromatic carbocycles. The van der Waals surface area contributed by atoms with Gasteiger partial charge < -0.3 is 15.4 Å². The van der Waals surface area contributed by atoms with E-state index in [1.165, 1.54) is 24.3 Å². The summed E-state index contributed by atoms with van der Waals surface area (Å²) in [5.41, 5.74) is 2.64. The fraction of sp³-hybridized carbons (Fsp3) is 0.231. The molecule has 1 unspecified atom stereocenters. The largest absolute Gasteiger partial charge is 0.481 e. The van der Waals surface area contributed by atoms with E-state index in [1.807, 2.05) is 12.1 Å². The number of rotatable bonds is 7. The Balaban J connectivity index is 1.60. The Kier molecular flexibility index (Phi) is 7.31. The third kappa shape index (κ3) is 6.41. The molecule has 176 valence electrons. The molecule has 0 spiro atoms. The summed E-state index contributed by atoms with van der Waals surface area (Å²) in [4.78, 5) is 35.4. The van der Waals surface area contributed by atoms with Crippen LogP contribution in [0.2, 0.25) is 0 Å². The monoisotopic (exact) mass is 461 g/mol. The first kappa shape index (κ1) is 24.4. The SMILES string of the molecule is CC(Oc1ccc([N+](=O)[O-])cc1)C(=O)Nc1cccc(NC(=O)c2ccc(C(C)(C)C)cc2)c1. The predicted molar refractivity (Wildman–Crippen MR) is 131 cm³/mol. The van der Waals surface area contributed by atoms with Crippen molar-refractivity contribution in [1.82, 2.24) is 0 Å². The van der Waals surface area contributed by atoms with Gasteiger partial charge in [0.1, 0.15) is 5.75 Å². The number of amides is 2. The summed E-state index contributed by atoms with van der Waals surface area (Å²) in [6, 6.07) is 19.8. The molecule has 3 aromatic rings. The second-order valence-corrected chi connectivity index (χ2v) is 8.86. The van der Waals surface area contributed by atoms with Crippen LogP contribution in [-0.2, 0) is 10.2 Å². The molecule has 0 aromatic heterocycles. The lowest BCUT2D eigenvalue weighted by Crippen LogP contribution is -2.30. The van der Waals surface area contributed by atoms with Crippen LogP contribution < -0.4 is 15.4 Å². The Labute approximate surface area is 198 Å². The molecule has 0 fully saturated rings. The molecule has 0 radical (unpaired) electrons. The second kappa shape index (κ2) is 10.2. The molecule has 0 heterocycles. The van der Waals surface area contributed by atoms with Crippen molar-refractivity contribution < 1.29 is 19.2 Å². The van der Waals surface area contributed by atoms with Crippen LogP contribution in [0.1, 0.15) is 43.6 Å². The van der Waals surface area contributed by atoms with Crippen molar-refractivity contribution >= 4 is 28.9 Å². The molecule has 0 aliphatic carbocycles. The Morgan fingerprint density at radius 3 is 2.06 bits per heavy atom. The van der Waals surface area contributed by atoms with Gasteiger partial charge in [0, 0.05) is 29.1 Å². The van der Waals surface area contributed by atoms with Crippen LogP contribution in [0.3, 0.4) is 0 Å². The molecule has 8 nitrogen and oxygen atoms in total. The van der Waals surface area contributed by atoms with Crippen LogP contribution >= 0.6 is 0 Å². The van der Waals surface area contributed by atoms with Crippen LogP contribution in [0.15, 0.2) is 72.8 Å². The van der Waals surface area contributed by atoms with Crippen molar-refractivity contribution in [3.05, 3.63) is 94.0 Å². The highest BCUT2D eigenvalue weighted by molar-refractivity contribution is 6.04. The lowest BCUT2D eigenvalue weighted by Gasteiger charge is -2.19. The Morgan fingerprint density at radius 1 is 0.912 bits per heavy atom. The molecular weight excluding hydrogens is 434 g/mol. The number of carbonyl (C=O) groups is 2. The minimum absolute atomic E-state index is 0.000863. The molecule has 3 rings (SSSR count). The van der Waals surface area contributed by atoms with E-state index in [0.29, 0.717) is 22.7 Å². The van der Waals surface area contributed by atoms with E-state index in [2.05, 4.69) is 31.4 Å². The van der Waals surface area contributed by atoms with E-state index in [0.717, 1.165) is 5.56 Å². The van der Waals surface area contributed by atoms with Crippen molar-refractivity contribution in [2.45, 2.75) is 39.2 Å². The van der Waals surface area contributed by atoms with E-state index in [9.17, 15) is 19.7 Å². The minimum atomic E-state index is -0.846. The summed E-state index contributed by atoms with van der Waals surface area (Å²) >= 11 is 0. The summed E-state index contributed by atoms with van der Waals surface area (Å²) in [7, 11) is 0. The number of nitrogens with one attached hydrogen (secondary N) is 2. The van der Waals surface area contributed by atoms with E-state index in [-0.39, 0.29) is 17.0 Å². The maximum absolute atomic E-state index is 12.6. The molecule has 0 saturated heterocycles. The zero-order valence-electron chi connectivity index (χ0n) is 19.5. The van der Waals surface area contributed by atoms with Crippen LogP contribution in [0.25, 0.3) is 0 Å². The Morgan fingerprint density at radius 2 is 1.50 bits per heavy atom. The van der Waals surface area contributed by atoms with Gasteiger partial charge in [-0.3, -0.25) is 19.7 Å². The number of nitro groups is 1. The summed E-state index contributed by atoms with van der Waals surface area (Å²) in [5.74, 6) is -0.315. The van der Waals surface area contributed by atoms with Crippen molar-refractivity contribution in [1.29, 1.82) is 0 Å². The van der Waals surface area contributed by atoms with Gasteiger partial charge in [-0.25, -0.2) is 0 Å². The van der Waals surface area contributed by atoms with E-state index in [1.54, 1.807) is 43.3 Å². The fourth-order valence-corrected chi connectivity index (χ4v) is 3.15. The van der Waals surface area contributed by atoms with Gasteiger partial charge in [0.15, 0.2) is 6.10 Å². The Hall–Kier alpha value is -4.20. The first-order chi connectivity index (χ1) is 16.0. The van der Waals surface area contributed by atoms with Gasteiger partial charge in [-0.15, -0.1) is 0 Å². The van der Waals surface area contributed by atoms with Gasteiger partial charge >= 0.3 is 0 Å². The number of hydrogen-bond donors (Lipinski definition) is 2. The number of non-ortho nitro benzene ring substituents is 1. The van der Waals surface area contributed by atoms with Gasteiger partial charge in [0.25, 0.3) is 17.5 Å². The average Bonchev–Trinajstić information content (AvgIpc) is 2.79. The van der Waals surface area contributed by atoms with E-state index >= 15 is 0 Å². The topological polar surface area (TPSA) is 111 Å². The minimum Gasteiger partial charge on any atom is -0.481 e. The zero-order valence-corrected chi connectivity index (χ0v) is 19.5. The lowest BCUT2D eigenvalue weighted by molar-refractivity contribution is -0.384. The molecular formula is C26H27N3O5. The number of nitrogens with zero attached hydrogens (tertiary/aromatic N) is 1. The highest BCUT2D eigenvalue weighted by Gasteiger charge is 2.17. The van der Waals surface area contributed by atoms with Gasteiger partial charge in [-0.1, -0.05) is 39.0 Å². The van der Waals surface area contributed by atoms with Crippen LogP contribution in [0.4, 0.5) is 17.1 Å². The smallest absolute Gasteiger partial charge is 0.269 e. The second-order valence-electron chi connectivity index (χ2n) is 8.86. The number of hydrogen-bond acceptors (Lipinski definition) is 5. The predicted octanol–water partition coefficient (Wildman–Crippen LogP) is 5.55. The van der Waals surface area contributed by atoms with Crippen LogP contribution in [0, 0.1) is 10.1 Å².